The maximum atomic E-state index is 11.7. The molecule has 17 heavy (non-hydrogen) atoms. The zero-order valence-electron chi connectivity index (χ0n) is 11.6. The molecule has 0 aromatic heterocycles. The van der Waals surface area contributed by atoms with E-state index in [1.54, 1.807) is 0 Å². The number of nitrogens with two attached hydrogens (primary N) is 1. The smallest absolute Gasteiger partial charge is 0.306 e. The zero-order valence-corrected chi connectivity index (χ0v) is 12.4. The summed E-state index contributed by atoms with van der Waals surface area (Å²) in [4.78, 5) is 11.7. The van der Waals surface area contributed by atoms with Crippen molar-refractivity contribution in [2.75, 3.05) is 18.6 Å². The standard InChI is InChI=1S/C13H25NO2S/c1-11(2)7-13(9-17-8-11,12(3,4)14)6-10(15)16-5/h6-9,14H2,1-5H3. The molecule has 0 aliphatic carbocycles. The average molecular weight is 259 g/mol. The predicted octanol–water partition coefficient (Wildman–Crippen LogP) is 2.44. The lowest BCUT2D eigenvalue weighted by molar-refractivity contribution is -0.144. The number of methoxy groups -OCH3 is 1. The van der Waals surface area contributed by atoms with Crippen molar-refractivity contribution in [3.05, 3.63) is 0 Å². The molecule has 0 amide bonds. The Labute approximate surface area is 109 Å². The molecule has 1 heterocycles. The fourth-order valence-electron chi connectivity index (χ4n) is 2.64. The van der Waals surface area contributed by atoms with Crippen LogP contribution in [0.3, 0.4) is 0 Å². The molecule has 0 aromatic carbocycles. The van der Waals surface area contributed by atoms with Crippen LogP contribution >= 0.6 is 11.8 Å². The summed E-state index contributed by atoms with van der Waals surface area (Å²) >= 11 is 1.90. The van der Waals surface area contributed by atoms with Crippen LogP contribution in [0.15, 0.2) is 0 Å². The number of carbonyl (C=O) groups is 1. The molecule has 100 valence electrons. The predicted molar refractivity (Wildman–Crippen MR) is 73.1 cm³/mol. The number of thioether (sulfide) groups is 1. The van der Waals surface area contributed by atoms with Crippen LogP contribution < -0.4 is 5.73 Å². The molecule has 0 saturated carbocycles. The van der Waals surface area contributed by atoms with Crippen molar-refractivity contribution >= 4 is 17.7 Å². The summed E-state index contributed by atoms with van der Waals surface area (Å²) in [5, 5.41) is 0. The van der Waals surface area contributed by atoms with Gasteiger partial charge in [0.15, 0.2) is 0 Å². The molecular formula is C13H25NO2S. The summed E-state index contributed by atoms with van der Waals surface area (Å²) in [5.41, 5.74) is 6.05. The van der Waals surface area contributed by atoms with Crippen LogP contribution in [-0.2, 0) is 9.53 Å². The fraction of sp³-hybridized carbons (Fsp3) is 0.923. The molecule has 4 heteroatoms. The molecule has 1 rings (SSSR count). The van der Waals surface area contributed by atoms with Crippen LogP contribution in [0, 0.1) is 10.8 Å². The maximum absolute atomic E-state index is 11.7. The molecule has 2 N–H and O–H groups in total. The van der Waals surface area contributed by atoms with Gasteiger partial charge < -0.3 is 10.5 Å². The molecule has 1 aliphatic heterocycles. The van der Waals surface area contributed by atoms with Crippen molar-refractivity contribution in [3.63, 3.8) is 0 Å². The molecule has 1 saturated heterocycles. The zero-order chi connectivity index (χ0) is 13.3. The van der Waals surface area contributed by atoms with Crippen molar-refractivity contribution in [2.24, 2.45) is 16.6 Å². The van der Waals surface area contributed by atoms with E-state index >= 15 is 0 Å². The molecular weight excluding hydrogens is 234 g/mol. The van der Waals surface area contributed by atoms with Crippen LogP contribution in [-0.4, -0.2) is 30.1 Å². The van der Waals surface area contributed by atoms with Gasteiger partial charge in [-0.1, -0.05) is 13.8 Å². The number of esters is 1. The third-order valence-corrected chi connectivity index (χ3v) is 5.51. The summed E-state index contributed by atoms with van der Waals surface area (Å²) in [6, 6.07) is 0. The van der Waals surface area contributed by atoms with Gasteiger partial charge in [-0.25, -0.2) is 0 Å². The highest BCUT2D eigenvalue weighted by molar-refractivity contribution is 7.99. The van der Waals surface area contributed by atoms with Crippen molar-refractivity contribution < 1.29 is 9.53 Å². The SMILES string of the molecule is COC(=O)CC1(C(C)(C)N)CSCC(C)(C)C1. The lowest BCUT2D eigenvalue weighted by Gasteiger charge is -2.51. The van der Waals surface area contributed by atoms with E-state index in [9.17, 15) is 4.79 Å². The largest absolute Gasteiger partial charge is 0.469 e. The first kappa shape index (κ1) is 14.8. The second-order valence-corrected chi connectivity index (χ2v) is 7.57. The molecule has 0 spiro atoms. The number of ether oxygens (including phenoxy) is 1. The minimum Gasteiger partial charge on any atom is -0.469 e. The lowest BCUT2D eigenvalue weighted by atomic mass is 9.63. The van der Waals surface area contributed by atoms with Crippen LogP contribution in [0.5, 0.6) is 0 Å². The molecule has 0 radical (unpaired) electrons. The second-order valence-electron chi connectivity index (χ2n) is 6.59. The van der Waals surface area contributed by atoms with Gasteiger partial charge in [-0.15, -0.1) is 0 Å². The Morgan fingerprint density at radius 2 is 2.00 bits per heavy atom. The van der Waals surface area contributed by atoms with Gasteiger partial charge in [0, 0.05) is 16.7 Å². The van der Waals surface area contributed by atoms with Gasteiger partial charge >= 0.3 is 5.97 Å². The van der Waals surface area contributed by atoms with Gasteiger partial charge in [-0.05, 0) is 31.4 Å². The Morgan fingerprint density at radius 3 is 2.41 bits per heavy atom. The quantitative estimate of drug-likeness (QED) is 0.791. The Kier molecular flexibility index (Phi) is 4.20. The lowest BCUT2D eigenvalue weighted by Crippen LogP contribution is -2.57. The van der Waals surface area contributed by atoms with E-state index in [-0.39, 0.29) is 22.3 Å². The van der Waals surface area contributed by atoms with Crippen molar-refractivity contribution in [1.29, 1.82) is 0 Å². The van der Waals surface area contributed by atoms with Gasteiger partial charge in [-0.2, -0.15) is 11.8 Å². The van der Waals surface area contributed by atoms with Crippen LogP contribution in [0.25, 0.3) is 0 Å². The molecule has 1 unspecified atom stereocenters. The third-order valence-electron chi connectivity index (χ3n) is 3.77. The van der Waals surface area contributed by atoms with Gasteiger partial charge in [0.25, 0.3) is 0 Å². The Bertz CT molecular complexity index is 296. The normalized spacial score (nSPS) is 28.8. The highest BCUT2D eigenvalue weighted by Gasteiger charge is 2.49. The second kappa shape index (κ2) is 4.81. The molecule has 1 fully saturated rings. The Morgan fingerprint density at radius 1 is 1.41 bits per heavy atom. The summed E-state index contributed by atoms with van der Waals surface area (Å²) in [5.74, 6) is 1.92. The Balaban J connectivity index is 2.98. The van der Waals surface area contributed by atoms with E-state index in [4.69, 9.17) is 10.5 Å². The van der Waals surface area contributed by atoms with E-state index in [1.807, 2.05) is 25.6 Å². The molecule has 3 nitrogen and oxygen atoms in total. The minimum atomic E-state index is -0.369. The van der Waals surface area contributed by atoms with Crippen LogP contribution in [0.2, 0.25) is 0 Å². The topological polar surface area (TPSA) is 52.3 Å². The van der Waals surface area contributed by atoms with E-state index in [0.717, 1.165) is 17.9 Å². The average Bonchev–Trinajstić information content (AvgIpc) is 2.14. The highest BCUT2D eigenvalue weighted by Crippen LogP contribution is 2.51. The highest BCUT2D eigenvalue weighted by atomic mass is 32.2. The third kappa shape index (κ3) is 3.38. The fourth-order valence-corrected chi connectivity index (χ4v) is 4.37. The summed E-state index contributed by atoms with van der Waals surface area (Å²) in [6.07, 6.45) is 1.40. The van der Waals surface area contributed by atoms with Gasteiger partial charge in [0.2, 0.25) is 0 Å². The first-order valence-corrected chi connectivity index (χ1v) is 7.21. The number of carbonyl (C=O) groups excluding carboxylic acids is 1. The number of hydrogen-bond donors (Lipinski definition) is 1. The van der Waals surface area contributed by atoms with Crippen molar-refractivity contribution in [2.45, 2.75) is 46.1 Å². The minimum absolute atomic E-state index is 0.151. The van der Waals surface area contributed by atoms with Gasteiger partial charge in [-0.3, -0.25) is 4.79 Å². The van der Waals surface area contributed by atoms with Gasteiger partial charge in [0.1, 0.15) is 0 Å². The van der Waals surface area contributed by atoms with Gasteiger partial charge in [0.05, 0.1) is 13.5 Å². The molecule has 1 atom stereocenters. The van der Waals surface area contributed by atoms with E-state index in [1.165, 1.54) is 7.11 Å². The van der Waals surface area contributed by atoms with E-state index in [0.29, 0.717) is 6.42 Å². The molecule has 1 aliphatic rings. The van der Waals surface area contributed by atoms with Crippen molar-refractivity contribution in [1.82, 2.24) is 0 Å². The summed E-state index contributed by atoms with van der Waals surface area (Å²) in [6.45, 7) is 8.55. The summed E-state index contributed by atoms with van der Waals surface area (Å²) in [7, 11) is 1.45. The molecule has 0 bridgehead atoms. The first-order valence-electron chi connectivity index (χ1n) is 6.05. The number of hydrogen-bond acceptors (Lipinski definition) is 4. The Hall–Kier alpha value is -0.220. The van der Waals surface area contributed by atoms with E-state index < -0.39 is 0 Å². The monoisotopic (exact) mass is 259 g/mol. The van der Waals surface area contributed by atoms with Crippen LogP contribution in [0.4, 0.5) is 0 Å². The molecule has 0 aromatic rings. The summed E-state index contributed by atoms with van der Waals surface area (Å²) < 4.78 is 4.84. The van der Waals surface area contributed by atoms with Crippen LogP contribution in [0.1, 0.15) is 40.5 Å². The first-order chi connectivity index (χ1) is 7.62. The van der Waals surface area contributed by atoms with E-state index in [2.05, 4.69) is 13.8 Å². The number of rotatable bonds is 3. The van der Waals surface area contributed by atoms with Crippen molar-refractivity contribution in [3.8, 4) is 0 Å². The maximum Gasteiger partial charge on any atom is 0.306 e.